The highest BCUT2D eigenvalue weighted by Gasteiger charge is 2.39. The van der Waals surface area contributed by atoms with Gasteiger partial charge in [-0.25, -0.2) is 0 Å². The van der Waals surface area contributed by atoms with Crippen LogP contribution in [0.15, 0.2) is 0 Å². The monoisotopic (exact) mass is 261 g/mol. The molecule has 2 saturated carbocycles. The van der Waals surface area contributed by atoms with Crippen LogP contribution < -0.4 is 5.32 Å². The normalized spacial score (nSPS) is 30.1. The Morgan fingerprint density at radius 1 is 1.21 bits per heavy atom. The summed E-state index contributed by atoms with van der Waals surface area (Å²) in [5.41, 5.74) is 0.338. The SMILES string of the molecule is CC(C#N)(CN1CCC2(CCCC2)CC1)NC1CC1. The summed E-state index contributed by atoms with van der Waals surface area (Å²) in [4.78, 5) is 2.52. The molecule has 0 aromatic rings. The Labute approximate surface area is 117 Å². The Balaban J connectivity index is 1.52. The van der Waals surface area contributed by atoms with Crippen LogP contribution in [0.4, 0.5) is 0 Å². The van der Waals surface area contributed by atoms with E-state index in [1.54, 1.807) is 0 Å². The molecule has 0 amide bonds. The van der Waals surface area contributed by atoms with Gasteiger partial charge < -0.3 is 4.90 Å². The number of likely N-dealkylation sites (tertiary alicyclic amines) is 1. The molecule has 0 radical (unpaired) electrons. The molecule has 0 aromatic heterocycles. The van der Waals surface area contributed by atoms with Gasteiger partial charge in [0.15, 0.2) is 0 Å². The summed E-state index contributed by atoms with van der Waals surface area (Å²) >= 11 is 0. The first kappa shape index (κ1) is 13.4. The van der Waals surface area contributed by atoms with Crippen LogP contribution in [0.5, 0.6) is 0 Å². The maximum Gasteiger partial charge on any atom is 0.116 e. The van der Waals surface area contributed by atoms with Crippen molar-refractivity contribution in [1.82, 2.24) is 10.2 Å². The molecule has 1 spiro atoms. The van der Waals surface area contributed by atoms with E-state index in [0.29, 0.717) is 11.5 Å². The van der Waals surface area contributed by atoms with Crippen LogP contribution in [0.1, 0.15) is 58.3 Å². The smallest absolute Gasteiger partial charge is 0.116 e. The molecule has 1 heterocycles. The second-order valence-corrected chi connectivity index (χ2v) is 7.35. The Hall–Kier alpha value is -0.590. The van der Waals surface area contributed by atoms with Gasteiger partial charge in [0.25, 0.3) is 0 Å². The number of piperidine rings is 1. The summed E-state index contributed by atoms with van der Waals surface area (Å²) < 4.78 is 0. The molecule has 2 aliphatic carbocycles. The first-order valence-corrected chi connectivity index (χ1v) is 8.05. The summed E-state index contributed by atoms with van der Waals surface area (Å²) in [5, 5.41) is 13.0. The van der Waals surface area contributed by atoms with Crippen molar-refractivity contribution < 1.29 is 0 Å². The number of nitrogens with zero attached hydrogens (tertiary/aromatic N) is 2. The number of rotatable bonds is 4. The average molecular weight is 261 g/mol. The van der Waals surface area contributed by atoms with Crippen molar-refractivity contribution >= 4 is 0 Å². The van der Waals surface area contributed by atoms with E-state index in [2.05, 4.69) is 23.2 Å². The molecule has 1 atom stereocenters. The van der Waals surface area contributed by atoms with Gasteiger partial charge in [0.2, 0.25) is 0 Å². The van der Waals surface area contributed by atoms with Gasteiger partial charge in [-0.05, 0) is 64.0 Å². The highest BCUT2D eigenvalue weighted by atomic mass is 15.2. The lowest BCUT2D eigenvalue weighted by Gasteiger charge is -2.41. The minimum Gasteiger partial charge on any atom is -0.300 e. The third-order valence-electron chi connectivity index (χ3n) is 5.47. The molecule has 3 fully saturated rings. The predicted octanol–water partition coefficient (Wildman–Crippen LogP) is 2.68. The number of hydrogen-bond acceptors (Lipinski definition) is 3. The lowest BCUT2D eigenvalue weighted by molar-refractivity contribution is 0.0937. The van der Waals surface area contributed by atoms with E-state index in [9.17, 15) is 5.26 Å². The van der Waals surface area contributed by atoms with Crippen molar-refractivity contribution in [2.45, 2.75) is 69.9 Å². The fourth-order valence-corrected chi connectivity index (χ4v) is 4.05. The minimum absolute atomic E-state index is 0.346. The molecule has 3 aliphatic rings. The molecule has 3 heteroatoms. The number of nitriles is 1. The lowest BCUT2D eigenvalue weighted by Crippen LogP contribution is -2.53. The number of hydrogen-bond donors (Lipinski definition) is 1. The van der Waals surface area contributed by atoms with E-state index in [1.807, 2.05) is 0 Å². The fraction of sp³-hybridized carbons (Fsp3) is 0.938. The Bertz CT molecular complexity index is 353. The molecule has 1 N–H and O–H groups in total. The van der Waals surface area contributed by atoms with Crippen molar-refractivity contribution in [2.75, 3.05) is 19.6 Å². The predicted molar refractivity (Wildman–Crippen MR) is 76.8 cm³/mol. The van der Waals surface area contributed by atoms with Crippen molar-refractivity contribution in [1.29, 1.82) is 5.26 Å². The quantitative estimate of drug-likeness (QED) is 0.845. The largest absolute Gasteiger partial charge is 0.300 e. The summed E-state index contributed by atoms with van der Waals surface area (Å²) in [5.74, 6) is 0. The zero-order valence-corrected chi connectivity index (χ0v) is 12.2. The van der Waals surface area contributed by atoms with Gasteiger partial charge in [0, 0.05) is 12.6 Å². The highest BCUT2D eigenvalue weighted by Crippen LogP contribution is 2.46. The Morgan fingerprint density at radius 2 is 1.84 bits per heavy atom. The third-order valence-corrected chi connectivity index (χ3v) is 5.47. The highest BCUT2D eigenvalue weighted by molar-refractivity contribution is 5.09. The maximum atomic E-state index is 9.46. The van der Waals surface area contributed by atoms with Crippen molar-refractivity contribution in [3.05, 3.63) is 0 Å². The van der Waals surface area contributed by atoms with E-state index in [-0.39, 0.29) is 5.54 Å². The summed E-state index contributed by atoms with van der Waals surface area (Å²) in [6, 6.07) is 3.11. The standard InChI is InChI=1S/C16H27N3/c1-15(12-17,18-14-4-5-14)13-19-10-8-16(9-11-19)6-2-3-7-16/h14,18H,2-11,13H2,1H3. The molecule has 1 saturated heterocycles. The van der Waals surface area contributed by atoms with Crippen LogP contribution in [0, 0.1) is 16.7 Å². The van der Waals surface area contributed by atoms with Gasteiger partial charge in [-0.15, -0.1) is 0 Å². The fourth-order valence-electron chi connectivity index (χ4n) is 4.05. The molecule has 1 unspecified atom stereocenters. The van der Waals surface area contributed by atoms with Crippen LogP contribution in [-0.4, -0.2) is 36.1 Å². The molecule has 1 aliphatic heterocycles. The second kappa shape index (κ2) is 5.07. The van der Waals surface area contributed by atoms with Gasteiger partial charge in [-0.3, -0.25) is 5.32 Å². The van der Waals surface area contributed by atoms with Gasteiger partial charge in [-0.1, -0.05) is 12.8 Å². The zero-order valence-electron chi connectivity index (χ0n) is 12.2. The third kappa shape index (κ3) is 3.12. The topological polar surface area (TPSA) is 39.1 Å². The second-order valence-electron chi connectivity index (χ2n) is 7.35. The molecule has 0 aromatic carbocycles. The summed E-state index contributed by atoms with van der Waals surface area (Å²) in [7, 11) is 0. The van der Waals surface area contributed by atoms with Gasteiger partial charge in [0.1, 0.15) is 5.54 Å². The molecule has 3 rings (SSSR count). The first-order chi connectivity index (χ1) is 9.13. The van der Waals surface area contributed by atoms with Crippen molar-refractivity contribution in [3.63, 3.8) is 0 Å². The van der Waals surface area contributed by atoms with Crippen LogP contribution in [-0.2, 0) is 0 Å². The lowest BCUT2D eigenvalue weighted by atomic mass is 9.77. The van der Waals surface area contributed by atoms with Gasteiger partial charge >= 0.3 is 0 Å². The molecule has 106 valence electrons. The molecular formula is C16H27N3. The minimum atomic E-state index is -0.346. The van der Waals surface area contributed by atoms with E-state index >= 15 is 0 Å². The maximum absolute atomic E-state index is 9.46. The van der Waals surface area contributed by atoms with Gasteiger partial charge in [0.05, 0.1) is 6.07 Å². The van der Waals surface area contributed by atoms with Gasteiger partial charge in [-0.2, -0.15) is 5.26 Å². The van der Waals surface area contributed by atoms with Crippen LogP contribution in [0.25, 0.3) is 0 Å². The molecule has 19 heavy (non-hydrogen) atoms. The van der Waals surface area contributed by atoms with Crippen molar-refractivity contribution in [3.8, 4) is 6.07 Å². The van der Waals surface area contributed by atoms with Crippen LogP contribution in [0.3, 0.4) is 0 Å². The van der Waals surface area contributed by atoms with Crippen LogP contribution >= 0.6 is 0 Å². The molecular weight excluding hydrogens is 234 g/mol. The van der Waals surface area contributed by atoms with E-state index < -0.39 is 0 Å². The van der Waals surface area contributed by atoms with Crippen LogP contribution in [0.2, 0.25) is 0 Å². The Morgan fingerprint density at radius 3 is 2.37 bits per heavy atom. The zero-order chi connectivity index (χ0) is 13.3. The average Bonchev–Trinajstić information content (AvgIpc) is 3.10. The first-order valence-electron chi connectivity index (χ1n) is 8.05. The summed E-state index contributed by atoms with van der Waals surface area (Å²) in [6.45, 7) is 5.37. The summed E-state index contributed by atoms with van der Waals surface area (Å²) in [6.07, 6.45) is 11.0. The van der Waals surface area contributed by atoms with E-state index in [1.165, 1.54) is 64.5 Å². The van der Waals surface area contributed by atoms with E-state index in [0.717, 1.165) is 6.54 Å². The van der Waals surface area contributed by atoms with Crippen molar-refractivity contribution in [2.24, 2.45) is 5.41 Å². The molecule has 3 nitrogen and oxygen atoms in total. The molecule has 0 bridgehead atoms. The Kier molecular flexibility index (Phi) is 3.57. The van der Waals surface area contributed by atoms with E-state index in [4.69, 9.17) is 0 Å². The number of nitrogens with one attached hydrogen (secondary N) is 1.